The number of nitrogens with one attached hydrogen (secondary N) is 3. The highest BCUT2D eigenvalue weighted by Crippen LogP contribution is 2.22. The number of carbonyl (C=O) groups is 3. The molecule has 0 bridgehead atoms. The Labute approximate surface area is 213 Å². The number of alkyl carbamates (subject to hydrolysis) is 1. The van der Waals surface area contributed by atoms with Gasteiger partial charge in [-0.05, 0) is 88.8 Å². The maximum Gasteiger partial charge on any atom is 0.408 e. The Bertz CT molecular complexity index is 1020. The van der Waals surface area contributed by atoms with E-state index in [1.54, 1.807) is 39.8 Å². The van der Waals surface area contributed by atoms with E-state index in [9.17, 15) is 19.5 Å². The average molecular weight is 498 g/mol. The van der Waals surface area contributed by atoms with Crippen molar-refractivity contribution in [3.05, 3.63) is 64.7 Å². The maximum atomic E-state index is 13.2. The van der Waals surface area contributed by atoms with Crippen LogP contribution in [-0.4, -0.2) is 47.2 Å². The molecule has 4 N–H and O–H groups in total. The molecule has 0 spiro atoms. The molecule has 8 nitrogen and oxygen atoms in total. The van der Waals surface area contributed by atoms with Gasteiger partial charge in [0.25, 0.3) is 0 Å². The fourth-order valence-electron chi connectivity index (χ4n) is 3.84. The van der Waals surface area contributed by atoms with Crippen molar-refractivity contribution in [2.45, 2.75) is 78.5 Å². The Morgan fingerprint density at radius 2 is 1.58 bits per heavy atom. The lowest BCUT2D eigenvalue weighted by molar-refractivity contribution is -0.129. The summed E-state index contributed by atoms with van der Waals surface area (Å²) < 4.78 is 5.34. The van der Waals surface area contributed by atoms with Gasteiger partial charge in [-0.25, -0.2) is 4.79 Å². The summed E-state index contributed by atoms with van der Waals surface area (Å²) in [5, 5.41) is 18.0. The number of phenols is 1. The molecule has 0 aliphatic heterocycles. The molecule has 0 unspecified atom stereocenters. The predicted molar refractivity (Wildman–Crippen MR) is 140 cm³/mol. The van der Waals surface area contributed by atoms with Crippen molar-refractivity contribution >= 4 is 17.9 Å². The van der Waals surface area contributed by atoms with Crippen molar-refractivity contribution < 1.29 is 24.2 Å². The number of hydrogen-bond donors (Lipinski definition) is 4. The highest BCUT2D eigenvalue weighted by atomic mass is 16.6. The molecule has 3 amide bonds. The molecule has 196 valence electrons. The van der Waals surface area contributed by atoms with Gasteiger partial charge < -0.3 is 25.8 Å². The third-order valence-electron chi connectivity index (χ3n) is 5.63. The number of phenolic OH excluding ortho intramolecular Hbond substituents is 1. The van der Waals surface area contributed by atoms with Gasteiger partial charge in [0, 0.05) is 13.0 Å². The van der Waals surface area contributed by atoms with Crippen LogP contribution in [0.3, 0.4) is 0 Å². The SMILES string of the molecule is Cc1cc(O)cc(C)c1C[C@H](NC(=O)OC(C)(C)C)C(=O)N[C@@H](C)C(=O)NCCCc1ccccc1. The Balaban J connectivity index is 2.02. The van der Waals surface area contributed by atoms with Crippen LogP contribution >= 0.6 is 0 Å². The second kappa shape index (κ2) is 13.0. The number of aromatic hydroxyl groups is 1. The van der Waals surface area contributed by atoms with Gasteiger partial charge >= 0.3 is 6.09 Å². The zero-order valence-electron chi connectivity index (χ0n) is 22.1. The van der Waals surface area contributed by atoms with E-state index in [-0.39, 0.29) is 18.1 Å². The number of aryl methyl sites for hydroxylation is 3. The molecule has 0 saturated heterocycles. The van der Waals surface area contributed by atoms with Crippen LogP contribution in [0.4, 0.5) is 4.79 Å². The van der Waals surface area contributed by atoms with Crippen LogP contribution in [0.1, 0.15) is 56.4 Å². The highest BCUT2D eigenvalue weighted by Gasteiger charge is 2.28. The third kappa shape index (κ3) is 9.60. The number of hydrogen-bond acceptors (Lipinski definition) is 5. The summed E-state index contributed by atoms with van der Waals surface area (Å²) in [5.74, 6) is -0.670. The summed E-state index contributed by atoms with van der Waals surface area (Å²) in [6, 6.07) is 11.5. The second-order valence-corrected chi connectivity index (χ2v) is 10.1. The zero-order valence-corrected chi connectivity index (χ0v) is 22.1. The van der Waals surface area contributed by atoms with Crippen molar-refractivity contribution in [1.82, 2.24) is 16.0 Å². The standard InChI is InChI=1S/C28H39N3O5/c1-18-15-22(32)16-19(2)23(18)17-24(31-27(35)36-28(4,5)6)26(34)30-20(3)25(33)29-14-10-13-21-11-8-7-9-12-21/h7-9,11-12,15-16,20,24,32H,10,13-14,17H2,1-6H3,(H,29,33)(H,30,34)(H,31,35)/t20-,24-/m0/s1. The molecule has 2 aromatic rings. The summed E-state index contributed by atoms with van der Waals surface area (Å²) in [6.07, 6.45) is 1.07. The lowest BCUT2D eigenvalue weighted by Gasteiger charge is -2.25. The van der Waals surface area contributed by atoms with Crippen LogP contribution in [0, 0.1) is 13.8 Å². The molecular formula is C28H39N3O5. The van der Waals surface area contributed by atoms with Crippen molar-refractivity contribution in [3.8, 4) is 5.75 Å². The lowest BCUT2D eigenvalue weighted by atomic mass is 9.95. The largest absolute Gasteiger partial charge is 0.508 e. The van der Waals surface area contributed by atoms with Crippen LogP contribution < -0.4 is 16.0 Å². The van der Waals surface area contributed by atoms with Gasteiger partial charge in [-0.2, -0.15) is 0 Å². The van der Waals surface area contributed by atoms with Crippen LogP contribution in [0.5, 0.6) is 5.75 Å². The van der Waals surface area contributed by atoms with E-state index in [2.05, 4.69) is 16.0 Å². The minimum Gasteiger partial charge on any atom is -0.508 e. The van der Waals surface area contributed by atoms with Gasteiger partial charge in [-0.3, -0.25) is 9.59 Å². The van der Waals surface area contributed by atoms with E-state index < -0.39 is 29.7 Å². The summed E-state index contributed by atoms with van der Waals surface area (Å²) in [5.41, 5.74) is 2.87. The predicted octanol–water partition coefficient (Wildman–Crippen LogP) is 3.70. The van der Waals surface area contributed by atoms with E-state index in [0.717, 1.165) is 29.5 Å². The number of amides is 3. The Kier molecular flexibility index (Phi) is 10.3. The van der Waals surface area contributed by atoms with Crippen LogP contribution in [0.2, 0.25) is 0 Å². The molecule has 0 aromatic heterocycles. The van der Waals surface area contributed by atoms with Gasteiger partial charge in [-0.15, -0.1) is 0 Å². The van der Waals surface area contributed by atoms with E-state index in [4.69, 9.17) is 4.74 Å². The molecule has 0 fully saturated rings. The first-order valence-corrected chi connectivity index (χ1v) is 12.3. The van der Waals surface area contributed by atoms with Gasteiger partial charge in [0.15, 0.2) is 0 Å². The molecule has 0 aliphatic carbocycles. The molecule has 0 aliphatic rings. The topological polar surface area (TPSA) is 117 Å². The van der Waals surface area contributed by atoms with E-state index >= 15 is 0 Å². The number of benzene rings is 2. The quantitative estimate of drug-likeness (QED) is 0.374. The van der Waals surface area contributed by atoms with E-state index in [1.165, 1.54) is 5.56 Å². The molecule has 2 rings (SSSR count). The van der Waals surface area contributed by atoms with Gasteiger partial charge in [0.1, 0.15) is 23.4 Å². The molecule has 2 aromatic carbocycles. The number of rotatable bonds is 10. The molecule has 0 saturated carbocycles. The van der Waals surface area contributed by atoms with Crippen molar-refractivity contribution in [2.24, 2.45) is 0 Å². The normalized spacial score (nSPS) is 12.8. The van der Waals surface area contributed by atoms with E-state index in [0.29, 0.717) is 6.54 Å². The fraction of sp³-hybridized carbons (Fsp3) is 0.464. The molecular weight excluding hydrogens is 458 g/mol. The second-order valence-electron chi connectivity index (χ2n) is 10.1. The van der Waals surface area contributed by atoms with Crippen molar-refractivity contribution in [2.75, 3.05) is 6.54 Å². The third-order valence-corrected chi connectivity index (χ3v) is 5.63. The molecule has 0 heterocycles. The lowest BCUT2D eigenvalue weighted by Crippen LogP contribution is -2.54. The first-order valence-electron chi connectivity index (χ1n) is 12.3. The monoisotopic (exact) mass is 497 g/mol. The minimum atomic E-state index is -0.977. The number of carbonyl (C=O) groups excluding carboxylic acids is 3. The Morgan fingerprint density at radius 3 is 2.17 bits per heavy atom. The van der Waals surface area contributed by atoms with Gasteiger partial charge in [0.2, 0.25) is 11.8 Å². The first kappa shape index (κ1) is 28.7. The van der Waals surface area contributed by atoms with Crippen LogP contribution in [0.15, 0.2) is 42.5 Å². The van der Waals surface area contributed by atoms with Gasteiger partial charge in [-0.1, -0.05) is 30.3 Å². The van der Waals surface area contributed by atoms with Crippen LogP contribution in [0.25, 0.3) is 0 Å². The first-order chi connectivity index (χ1) is 16.9. The number of ether oxygens (including phenoxy) is 1. The van der Waals surface area contributed by atoms with Crippen molar-refractivity contribution in [3.63, 3.8) is 0 Å². The Morgan fingerprint density at radius 1 is 0.972 bits per heavy atom. The molecule has 0 radical (unpaired) electrons. The maximum absolute atomic E-state index is 13.2. The summed E-state index contributed by atoms with van der Waals surface area (Å²) in [6.45, 7) is 11.0. The molecule has 36 heavy (non-hydrogen) atoms. The smallest absolute Gasteiger partial charge is 0.408 e. The highest BCUT2D eigenvalue weighted by molar-refractivity contribution is 5.91. The molecule has 2 atom stereocenters. The summed E-state index contributed by atoms with van der Waals surface area (Å²) >= 11 is 0. The summed E-state index contributed by atoms with van der Waals surface area (Å²) in [4.78, 5) is 38.2. The minimum absolute atomic E-state index is 0.132. The van der Waals surface area contributed by atoms with Crippen molar-refractivity contribution in [1.29, 1.82) is 0 Å². The fourth-order valence-corrected chi connectivity index (χ4v) is 3.84. The average Bonchev–Trinajstić information content (AvgIpc) is 2.77. The molecule has 8 heteroatoms. The van der Waals surface area contributed by atoms with Crippen LogP contribution in [-0.2, 0) is 27.2 Å². The van der Waals surface area contributed by atoms with E-state index in [1.807, 2.05) is 44.2 Å². The van der Waals surface area contributed by atoms with Gasteiger partial charge in [0.05, 0.1) is 0 Å². The summed E-state index contributed by atoms with van der Waals surface area (Å²) in [7, 11) is 0. The Hall–Kier alpha value is -3.55. The zero-order chi connectivity index (χ0) is 26.9.